The van der Waals surface area contributed by atoms with Gasteiger partial charge in [0.1, 0.15) is 12.1 Å². The highest BCUT2D eigenvalue weighted by Crippen LogP contribution is 2.26. The first-order chi connectivity index (χ1) is 8.56. The van der Waals surface area contributed by atoms with E-state index in [4.69, 9.17) is 0 Å². The van der Waals surface area contributed by atoms with Gasteiger partial charge in [0, 0.05) is 6.54 Å². The number of carbonyl (C=O) groups excluding carboxylic acids is 3. The monoisotopic (exact) mass is 253 g/mol. The Kier molecular flexibility index (Phi) is 3.65. The van der Waals surface area contributed by atoms with Crippen LogP contribution in [0.2, 0.25) is 0 Å². The third kappa shape index (κ3) is 2.12. The molecule has 0 saturated carbocycles. The van der Waals surface area contributed by atoms with E-state index < -0.39 is 18.1 Å². The van der Waals surface area contributed by atoms with Crippen molar-refractivity contribution in [3.05, 3.63) is 0 Å². The Hall–Kier alpha value is -1.43. The van der Waals surface area contributed by atoms with Crippen LogP contribution in [0.25, 0.3) is 0 Å². The van der Waals surface area contributed by atoms with Crippen LogP contribution in [0.5, 0.6) is 0 Å². The Morgan fingerprint density at radius 2 is 2.11 bits per heavy atom. The van der Waals surface area contributed by atoms with Crippen LogP contribution in [-0.2, 0) is 14.4 Å². The molecule has 0 aromatic heterocycles. The minimum atomic E-state index is -0.488. The topological polar surface area (TPSA) is 78.5 Å². The molecule has 3 atom stereocenters. The highest BCUT2D eigenvalue weighted by molar-refractivity contribution is 5.96. The predicted molar refractivity (Wildman–Crippen MR) is 64.8 cm³/mol. The molecule has 2 heterocycles. The van der Waals surface area contributed by atoms with Crippen LogP contribution < -0.4 is 10.6 Å². The van der Waals surface area contributed by atoms with Gasteiger partial charge in [-0.1, -0.05) is 0 Å². The zero-order valence-electron chi connectivity index (χ0n) is 10.7. The van der Waals surface area contributed by atoms with Crippen molar-refractivity contribution in [3.63, 3.8) is 0 Å². The summed E-state index contributed by atoms with van der Waals surface area (Å²) in [5, 5.41) is 5.65. The van der Waals surface area contributed by atoms with Crippen molar-refractivity contribution in [2.45, 2.75) is 44.3 Å². The summed E-state index contributed by atoms with van der Waals surface area (Å²) in [5.74, 6) is -0.342. The first-order valence-corrected chi connectivity index (χ1v) is 6.34. The lowest BCUT2D eigenvalue weighted by atomic mass is 9.92. The van der Waals surface area contributed by atoms with E-state index in [0.717, 1.165) is 6.42 Å². The average molecular weight is 253 g/mol. The number of carbonyl (C=O) groups is 3. The lowest BCUT2D eigenvalue weighted by Gasteiger charge is -2.39. The Morgan fingerprint density at radius 3 is 2.72 bits per heavy atom. The Balaban J connectivity index is 2.34. The van der Waals surface area contributed by atoms with Gasteiger partial charge in [-0.15, -0.1) is 0 Å². The predicted octanol–water partition coefficient (Wildman–Crippen LogP) is -0.957. The summed E-state index contributed by atoms with van der Waals surface area (Å²) < 4.78 is 0. The zero-order valence-corrected chi connectivity index (χ0v) is 10.7. The number of likely N-dealkylation sites (N-methyl/N-ethyl adjacent to an activating group) is 1. The lowest BCUT2D eigenvalue weighted by molar-refractivity contribution is -0.148. The molecule has 0 bridgehead atoms. The molecular formula is C12H19N3O3. The van der Waals surface area contributed by atoms with E-state index in [9.17, 15) is 14.4 Å². The summed E-state index contributed by atoms with van der Waals surface area (Å²) >= 11 is 0. The molecular weight excluding hydrogens is 234 g/mol. The molecule has 0 spiro atoms. The molecule has 2 N–H and O–H groups in total. The fourth-order valence-electron chi connectivity index (χ4n) is 2.78. The summed E-state index contributed by atoms with van der Waals surface area (Å²) in [7, 11) is 1.68. The van der Waals surface area contributed by atoms with Crippen LogP contribution in [0.3, 0.4) is 0 Å². The SMILES string of the molecule is CN[C@H]1CNC(=O)[C@H]2CCC[C@@H](C(C)=O)N2C1=O. The van der Waals surface area contributed by atoms with Crippen LogP contribution in [0, 0.1) is 0 Å². The molecule has 18 heavy (non-hydrogen) atoms. The second-order valence-electron chi connectivity index (χ2n) is 4.91. The van der Waals surface area contributed by atoms with Gasteiger partial charge < -0.3 is 15.5 Å². The number of hydrogen-bond acceptors (Lipinski definition) is 4. The van der Waals surface area contributed by atoms with Gasteiger partial charge in [-0.3, -0.25) is 14.4 Å². The molecule has 100 valence electrons. The average Bonchev–Trinajstić information content (AvgIpc) is 2.48. The summed E-state index contributed by atoms with van der Waals surface area (Å²) in [6.45, 7) is 1.77. The molecule has 0 aromatic rings. The van der Waals surface area contributed by atoms with Gasteiger partial charge in [-0.25, -0.2) is 0 Å². The van der Waals surface area contributed by atoms with E-state index >= 15 is 0 Å². The molecule has 6 heteroatoms. The van der Waals surface area contributed by atoms with Crippen LogP contribution in [0.1, 0.15) is 26.2 Å². The van der Waals surface area contributed by atoms with E-state index in [2.05, 4.69) is 10.6 Å². The van der Waals surface area contributed by atoms with Crippen molar-refractivity contribution >= 4 is 17.6 Å². The summed E-state index contributed by atoms with van der Waals surface area (Å²) in [4.78, 5) is 37.5. The smallest absolute Gasteiger partial charge is 0.242 e. The number of hydrogen-bond donors (Lipinski definition) is 2. The van der Waals surface area contributed by atoms with Gasteiger partial charge in [0.2, 0.25) is 11.8 Å². The molecule has 2 rings (SSSR count). The molecule has 0 unspecified atom stereocenters. The quantitative estimate of drug-likeness (QED) is 0.664. The Morgan fingerprint density at radius 1 is 1.39 bits per heavy atom. The highest BCUT2D eigenvalue weighted by Gasteiger charge is 2.44. The fraction of sp³-hybridized carbons (Fsp3) is 0.750. The van der Waals surface area contributed by atoms with E-state index in [-0.39, 0.29) is 24.1 Å². The third-order valence-electron chi connectivity index (χ3n) is 3.78. The van der Waals surface area contributed by atoms with Crippen molar-refractivity contribution in [1.82, 2.24) is 15.5 Å². The number of rotatable bonds is 2. The molecule has 0 radical (unpaired) electrons. The van der Waals surface area contributed by atoms with Crippen LogP contribution >= 0.6 is 0 Å². The zero-order chi connectivity index (χ0) is 13.3. The van der Waals surface area contributed by atoms with E-state index in [1.807, 2.05) is 0 Å². The molecule has 2 saturated heterocycles. The maximum absolute atomic E-state index is 12.4. The summed E-state index contributed by atoms with van der Waals surface area (Å²) in [6.07, 6.45) is 2.09. The van der Waals surface area contributed by atoms with Gasteiger partial charge in [-0.05, 0) is 33.2 Å². The van der Waals surface area contributed by atoms with Crippen molar-refractivity contribution in [2.24, 2.45) is 0 Å². The number of nitrogens with one attached hydrogen (secondary N) is 2. The van der Waals surface area contributed by atoms with Gasteiger partial charge in [0.05, 0.1) is 6.04 Å². The van der Waals surface area contributed by atoms with Crippen molar-refractivity contribution in [3.8, 4) is 0 Å². The van der Waals surface area contributed by atoms with E-state index in [0.29, 0.717) is 12.8 Å². The first kappa shape index (κ1) is 13.0. The van der Waals surface area contributed by atoms with Crippen molar-refractivity contribution < 1.29 is 14.4 Å². The van der Waals surface area contributed by atoms with Crippen LogP contribution in [0.4, 0.5) is 0 Å². The number of piperidine rings is 1. The summed E-state index contributed by atoms with van der Waals surface area (Å²) in [6, 6.07) is -1.38. The standard InChI is InChI=1S/C12H19N3O3/c1-7(16)9-4-3-5-10-11(17)14-6-8(13-2)12(18)15(9)10/h8-10,13H,3-6H2,1-2H3,(H,14,17)/t8-,9-,10+/m0/s1. The molecule has 6 nitrogen and oxygen atoms in total. The third-order valence-corrected chi connectivity index (χ3v) is 3.78. The van der Waals surface area contributed by atoms with Crippen molar-refractivity contribution in [2.75, 3.05) is 13.6 Å². The van der Waals surface area contributed by atoms with Gasteiger partial charge in [-0.2, -0.15) is 0 Å². The van der Waals surface area contributed by atoms with Crippen LogP contribution in [0.15, 0.2) is 0 Å². The highest BCUT2D eigenvalue weighted by atomic mass is 16.2. The van der Waals surface area contributed by atoms with E-state index in [1.54, 1.807) is 7.05 Å². The molecule has 2 aliphatic rings. The first-order valence-electron chi connectivity index (χ1n) is 6.34. The molecule has 2 fully saturated rings. The second kappa shape index (κ2) is 5.06. The molecule has 2 amide bonds. The van der Waals surface area contributed by atoms with Gasteiger partial charge in [0.25, 0.3) is 0 Å². The number of nitrogens with zero attached hydrogens (tertiary/aromatic N) is 1. The largest absolute Gasteiger partial charge is 0.352 e. The van der Waals surface area contributed by atoms with Gasteiger partial charge in [0.15, 0.2) is 5.78 Å². The number of amides is 2. The Bertz CT molecular complexity index is 383. The molecule has 0 aromatic carbocycles. The maximum atomic E-state index is 12.4. The summed E-state index contributed by atoms with van der Waals surface area (Å²) in [5.41, 5.74) is 0. The minimum absolute atomic E-state index is 0.0439. The normalized spacial score (nSPS) is 32.6. The van der Waals surface area contributed by atoms with Crippen molar-refractivity contribution in [1.29, 1.82) is 0 Å². The fourth-order valence-corrected chi connectivity index (χ4v) is 2.78. The Labute approximate surface area is 106 Å². The molecule has 0 aliphatic carbocycles. The second-order valence-corrected chi connectivity index (χ2v) is 4.91. The molecule has 2 aliphatic heterocycles. The maximum Gasteiger partial charge on any atom is 0.242 e. The number of Topliss-reactive ketones (excluding diaryl/α,β-unsaturated/α-hetero) is 1. The van der Waals surface area contributed by atoms with Gasteiger partial charge >= 0.3 is 0 Å². The van der Waals surface area contributed by atoms with E-state index in [1.165, 1.54) is 11.8 Å². The number of fused-ring (bicyclic) bond motifs is 1. The minimum Gasteiger partial charge on any atom is -0.352 e. The lowest BCUT2D eigenvalue weighted by Crippen LogP contribution is -2.58. The van der Waals surface area contributed by atoms with Crippen LogP contribution in [-0.4, -0.2) is 54.2 Å². The number of ketones is 1.